The van der Waals surface area contributed by atoms with E-state index in [0.717, 1.165) is 0 Å². The van der Waals surface area contributed by atoms with Crippen molar-refractivity contribution in [3.8, 4) is 5.69 Å². The van der Waals surface area contributed by atoms with Crippen molar-refractivity contribution in [1.29, 1.82) is 0 Å². The Balaban J connectivity index is 1.55. The molecule has 1 aliphatic rings. The van der Waals surface area contributed by atoms with Crippen LogP contribution in [0.3, 0.4) is 0 Å². The van der Waals surface area contributed by atoms with E-state index in [2.05, 4.69) is 15.5 Å². The number of hydrogen-bond acceptors (Lipinski definition) is 7. The Hall–Kier alpha value is -3.24. The first kappa shape index (κ1) is 22.9. The molecule has 33 heavy (non-hydrogen) atoms. The summed E-state index contributed by atoms with van der Waals surface area (Å²) >= 11 is 1.23. The molecule has 1 saturated heterocycles. The maximum Gasteiger partial charge on any atom is 0.237 e. The van der Waals surface area contributed by atoms with Gasteiger partial charge in [0.1, 0.15) is 5.82 Å². The molecule has 0 aliphatic carbocycles. The summed E-state index contributed by atoms with van der Waals surface area (Å²) in [5.41, 5.74) is 1.75. The third-order valence-corrected chi connectivity index (χ3v) is 6.23. The van der Waals surface area contributed by atoms with Crippen LogP contribution in [0.1, 0.15) is 24.2 Å². The summed E-state index contributed by atoms with van der Waals surface area (Å²) in [7, 11) is 0. The molecule has 10 heteroatoms. The molecule has 0 radical (unpaired) electrons. The second-order valence-corrected chi connectivity index (χ2v) is 8.89. The van der Waals surface area contributed by atoms with Crippen LogP contribution in [0, 0.1) is 5.82 Å². The largest absolute Gasteiger partial charge is 0.378 e. The van der Waals surface area contributed by atoms with Crippen molar-refractivity contribution in [2.45, 2.75) is 24.3 Å². The first-order chi connectivity index (χ1) is 15.9. The molecule has 0 saturated carbocycles. The predicted octanol–water partition coefficient (Wildman–Crippen LogP) is 3.56. The Kier molecular flexibility index (Phi) is 7.05. The van der Waals surface area contributed by atoms with Gasteiger partial charge in [0.15, 0.2) is 10.9 Å². The fraction of sp³-hybridized carbons (Fsp3) is 0.304. The Bertz CT molecular complexity index is 1150. The van der Waals surface area contributed by atoms with E-state index in [4.69, 9.17) is 4.74 Å². The average Bonchev–Trinajstić information content (AvgIpc) is 3.23. The number of halogens is 1. The molecule has 1 atom stereocenters. The zero-order chi connectivity index (χ0) is 23.4. The van der Waals surface area contributed by atoms with Crippen LogP contribution in [0.15, 0.2) is 53.7 Å². The van der Waals surface area contributed by atoms with Crippen LogP contribution in [-0.2, 0) is 9.53 Å². The minimum absolute atomic E-state index is 0.0374. The highest BCUT2D eigenvalue weighted by Crippen LogP contribution is 2.30. The number of morpholine rings is 1. The number of amides is 1. The number of nitrogens with zero attached hydrogens (tertiary/aromatic N) is 4. The van der Waals surface area contributed by atoms with Crippen LogP contribution in [0.2, 0.25) is 0 Å². The summed E-state index contributed by atoms with van der Waals surface area (Å²) in [5, 5.41) is 11.5. The van der Waals surface area contributed by atoms with Crippen LogP contribution in [0.5, 0.6) is 0 Å². The van der Waals surface area contributed by atoms with Gasteiger partial charge in [-0.2, -0.15) is 0 Å². The number of thioether (sulfide) groups is 1. The number of carbonyl (C=O) groups excluding carboxylic acids is 2. The van der Waals surface area contributed by atoms with Crippen molar-refractivity contribution >= 4 is 35.1 Å². The van der Waals surface area contributed by atoms with Crippen molar-refractivity contribution in [2.75, 3.05) is 36.5 Å². The Morgan fingerprint density at radius 3 is 2.52 bits per heavy atom. The van der Waals surface area contributed by atoms with E-state index < -0.39 is 5.25 Å². The maximum atomic E-state index is 14.0. The fourth-order valence-electron chi connectivity index (χ4n) is 3.39. The van der Waals surface area contributed by atoms with Gasteiger partial charge in [-0.3, -0.25) is 14.2 Å². The van der Waals surface area contributed by atoms with Crippen molar-refractivity contribution in [3.05, 3.63) is 59.9 Å². The van der Waals surface area contributed by atoms with Crippen LogP contribution >= 0.6 is 11.8 Å². The van der Waals surface area contributed by atoms with Crippen LogP contribution in [-0.4, -0.2) is 58.0 Å². The van der Waals surface area contributed by atoms with E-state index in [1.165, 1.54) is 30.8 Å². The van der Waals surface area contributed by atoms with Gasteiger partial charge in [0.2, 0.25) is 11.9 Å². The summed E-state index contributed by atoms with van der Waals surface area (Å²) in [5.74, 6) is -0.0504. The molecule has 3 aromatic rings. The monoisotopic (exact) mass is 469 g/mol. The van der Waals surface area contributed by atoms with E-state index in [0.29, 0.717) is 54.3 Å². The highest BCUT2D eigenvalue weighted by molar-refractivity contribution is 8.00. The van der Waals surface area contributed by atoms with Crippen molar-refractivity contribution in [1.82, 2.24) is 14.8 Å². The molecule has 0 bridgehead atoms. The Morgan fingerprint density at radius 2 is 1.85 bits per heavy atom. The molecular formula is C23H24FN5O3S. The van der Waals surface area contributed by atoms with E-state index in [1.807, 2.05) is 4.90 Å². The topological polar surface area (TPSA) is 89.3 Å². The second-order valence-electron chi connectivity index (χ2n) is 7.58. The number of aromatic nitrogens is 3. The molecule has 4 rings (SSSR count). The van der Waals surface area contributed by atoms with Gasteiger partial charge in [-0.05, 0) is 56.3 Å². The van der Waals surface area contributed by atoms with E-state index in [-0.39, 0.29) is 17.5 Å². The number of Topliss-reactive ketones (excluding diaryl/α,β-unsaturated/α-hetero) is 1. The Labute approximate surface area is 195 Å². The molecule has 1 aliphatic heterocycles. The summed E-state index contributed by atoms with van der Waals surface area (Å²) in [4.78, 5) is 26.3. The van der Waals surface area contributed by atoms with Crippen LogP contribution < -0.4 is 10.2 Å². The lowest BCUT2D eigenvalue weighted by atomic mass is 10.1. The second kappa shape index (κ2) is 10.1. The third-order valence-electron chi connectivity index (χ3n) is 5.19. The molecule has 1 amide bonds. The van der Waals surface area contributed by atoms with Crippen LogP contribution in [0.4, 0.5) is 16.0 Å². The minimum Gasteiger partial charge on any atom is -0.378 e. The molecule has 1 N–H and O–H groups in total. The number of nitrogens with one attached hydrogen (secondary N) is 1. The lowest BCUT2D eigenvalue weighted by molar-refractivity contribution is -0.115. The standard InChI is InChI=1S/C23H24FN5O3S/c1-15(30)17-6-8-19(9-7-17)25-21(31)16(2)33-23-27-26-22(28-10-12-32-13-11-28)29(23)20-5-3-4-18(24)14-20/h3-9,14,16H,10-13H2,1-2H3,(H,25,31). The quantitative estimate of drug-likeness (QED) is 0.418. The lowest BCUT2D eigenvalue weighted by Gasteiger charge is -2.28. The minimum atomic E-state index is -0.508. The number of ketones is 1. The normalized spacial score (nSPS) is 14.7. The predicted molar refractivity (Wildman–Crippen MR) is 125 cm³/mol. The Morgan fingerprint density at radius 1 is 1.12 bits per heavy atom. The number of anilines is 2. The van der Waals surface area contributed by atoms with Crippen molar-refractivity contribution in [3.63, 3.8) is 0 Å². The molecule has 8 nitrogen and oxygen atoms in total. The molecule has 1 aromatic heterocycles. The van der Waals surface area contributed by atoms with Gasteiger partial charge >= 0.3 is 0 Å². The number of ether oxygens (including phenoxy) is 1. The lowest BCUT2D eigenvalue weighted by Crippen LogP contribution is -2.38. The van der Waals surface area contributed by atoms with Gasteiger partial charge in [-0.1, -0.05) is 17.8 Å². The van der Waals surface area contributed by atoms with Gasteiger partial charge in [0, 0.05) is 24.3 Å². The number of benzene rings is 2. The number of rotatable bonds is 7. The number of carbonyl (C=O) groups is 2. The summed E-state index contributed by atoms with van der Waals surface area (Å²) in [6, 6.07) is 12.9. The van der Waals surface area contributed by atoms with Crippen LogP contribution in [0.25, 0.3) is 5.69 Å². The van der Waals surface area contributed by atoms with Gasteiger partial charge in [-0.25, -0.2) is 4.39 Å². The first-order valence-electron chi connectivity index (χ1n) is 10.5. The van der Waals surface area contributed by atoms with Gasteiger partial charge < -0.3 is 15.0 Å². The highest BCUT2D eigenvalue weighted by atomic mass is 32.2. The molecule has 1 unspecified atom stereocenters. The van der Waals surface area contributed by atoms with Gasteiger partial charge in [0.25, 0.3) is 0 Å². The average molecular weight is 470 g/mol. The van der Waals surface area contributed by atoms with E-state index >= 15 is 0 Å². The van der Waals surface area contributed by atoms with Gasteiger partial charge in [-0.15, -0.1) is 10.2 Å². The number of hydrogen-bond donors (Lipinski definition) is 1. The van der Waals surface area contributed by atoms with E-state index in [9.17, 15) is 14.0 Å². The van der Waals surface area contributed by atoms with E-state index in [1.54, 1.807) is 47.9 Å². The molecule has 0 spiro atoms. The third kappa shape index (κ3) is 5.40. The zero-order valence-electron chi connectivity index (χ0n) is 18.3. The highest BCUT2D eigenvalue weighted by Gasteiger charge is 2.25. The van der Waals surface area contributed by atoms with Crippen molar-refractivity contribution < 1.29 is 18.7 Å². The smallest absolute Gasteiger partial charge is 0.237 e. The molecule has 1 fully saturated rings. The molecule has 172 valence electrons. The zero-order valence-corrected chi connectivity index (χ0v) is 19.1. The fourth-order valence-corrected chi connectivity index (χ4v) is 4.25. The molecule has 2 aromatic carbocycles. The SMILES string of the molecule is CC(=O)c1ccc(NC(=O)C(C)Sc2nnc(N3CCOCC3)n2-c2cccc(F)c2)cc1. The molecule has 2 heterocycles. The van der Waals surface area contributed by atoms with Crippen molar-refractivity contribution in [2.24, 2.45) is 0 Å². The first-order valence-corrected chi connectivity index (χ1v) is 11.4. The summed E-state index contributed by atoms with van der Waals surface area (Å²) in [6.07, 6.45) is 0. The van der Waals surface area contributed by atoms with Gasteiger partial charge in [0.05, 0.1) is 24.2 Å². The maximum absolute atomic E-state index is 14.0. The molecular weight excluding hydrogens is 445 g/mol. The summed E-state index contributed by atoms with van der Waals surface area (Å²) < 4.78 is 21.2. The summed E-state index contributed by atoms with van der Waals surface area (Å²) in [6.45, 7) is 5.68.